The van der Waals surface area contributed by atoms with E-state index in [9.17, 15) is 19.2 Å². The van der Waals surface area contributed by atoms with Crippen molar-refractivity contribution in [2.24, 2.45) is 5.92 Å². The van der Waals surface area contributed by atoms with Crippen molar-refractivity contribution >= 4 is 30.1 Å². The van der Waals surface area contributed by atoms with Crippen LogP contribution in [0.15, 0.2) is 72.8 Å². The van der Waals surface area contributed by atoms with Crippen molar-refractivity contribution < 1.29 is 33.4 Å². The maximum atomic E-state index is 13.4. The van der Waals surface area contributed by atoms with Crippen LogP contribution in [-0.2, 0) is 35.2 Å². The molecule has 1 aliphatic rings. The van der Waals surface area contributed by atoms with E-state index in [2.05, 4.69) is 34.9 Å². The Balaban J connectivity index is 1.39. The van der Waals surface area contributed by atoms with Gasteiger partial charge in [-0.1, -0.05) is 60.7 Å². The fourth-order valence-electron chi connectivity index (χ4n) is 5.17. The molecule has 2 amide bonds. The molecule has 0 saturated heterocycles. The molecule has 0 saturated carbocycles. The van der Waals surface area contributed by atoms with Gasteiger partial charge >= 0.3 is 12.1 Å². The molecule has 1 atom stereocenters. The third-order valence-electron chi connectivity index (χ3n) is 7.07. The number of hydrogen-bond donors (Lipinski definition) is 2. The van der Waals surface area contributed by atoms with E-state index in [0.29, 0.717) is 30.6 Å². The van der Waals surface area contributed by atoms with Gasteiger partial charge in [0.05, 0.1) is 6.42 Å². The summed E-state index contributed by atoms with van der Waals surface area (Å²) >= 11 is 0. The topological polar surface area (TPSA) is 120 Å². The number of anilines is 1. The first-order valence-corrected chi connectivity index (χ1v) is 14.4. The van der Waals surface area contributed by atoms with Crippen molar-refractivity contribution in [3.05, 3.63) is 89.5 Å². The van der Waals surface area contributed by atoms with Gasteiger partial charge in [0.1, 0.15) is 18.8 Å². The summed E-state index contributed by atoms with van der Waals surface area (Å²) < 4.78 is 15.9. The number of carbonyl (C=O) groups excluding carboxylic acids is 4. The summed E-state index contributed by atoms with van der Waals surface area (Å²) in [6.45, 7) is 6.22. The number of benzene rings is 3. The molecular formula is C34H38N2O7. The van der Waals surface area contributed by atoms with Crippen LogP contribution >= 0.6 is 0 Å². The predicted molar refractivity (Wildman–Crippen MR) is 162 cm³/mol. The van der Waals surface area contributed by atoms with Crippen molar-refractivity contribution in [1.82, 2.24) is 5.32 Å². The molecule has 3 aromatic rings. The van der Waals surface area contributed by atoms with Gasteiger partial charge in [0.15, 0.2) is 0 Å². The highest BCUT2D eigenvalue weighted by Crippen LogP contribution is 2.44. The van der Waals surface area contributed by atoms with Crippen LogP contribution in [0.1, 0.15) is 62.6 Å². The van der Waals surface area contributed by atoms with Crippen molar-refractivity contribution in [2.45, 2.75) is 58.2 Å². The molecule has 0 fully saturated rings. The lowest BCUT2D eigenvalue weighted by Crippen LogP contribution is -2.33. The van der Waals surface area contributed by atoms with Crippen LogP contribution in [0.3, 0.4) is 0 Å². The second kappa shape index (κ2) is 14.5. The number of fused-ring (bicyclic) bond motifs is 3. The standard InChI is InChI=1S/C34H38N2O7/c1-34(2,3)43-33(40)35-17-9-11-24(32(39)36-25-12-8-10-23(18-25)20-41-22-37)19-31(38)42-21-30-28-15-6-4-13-26(28)27-14-5-7-16-29(27)30/h4-8,10,12-16,18,22,24,30H,9,11,17,19-21H2,1-3H3,(H,35,40)(H,36,39)/t24-/m0/s1. The fourth-order valence-corrected chi connectivity index (χ4v) is 5.17. The Hall–Kier alpha value is -4.66. The summed E-state index contributed by atoms with van der Waals surface area (Å²) in [4.78, 5) is 49.1. The number of rotatable bonds is 13. The van der Waals surface area contributed by atoms with Crippen LogP contribution in [-0.4, -0.2) is 43.2 Å². The lowest BCUT2D eigenvalue weighted by molar-refractivity contribution is -0.146. The van der Waals surface area contributed by atoms with Crippen LogP contribution in [0, 0.1) is 5.92 Å². The minimum absolute atomic E-state index is 0.0761. The normalized spacial score (nSPS) is 12.8. The predicted octanol–water partition coefficient (Wildman–Crippen LogP) is 5.97. The summed E-state index contributed by atoms with van der Waals surface area (Å²) in [7, 11) is 0. The van der Waals surface area contributed by atoms with E-state index in [4.69, 9.17) is 14.2 Å². The van der Waals surface area contributed by atoms with Crippen molar-refractivity contribution in [3.63, 3.8) is 0 Å². The minimum atomic E-state index is -0.703. The largest absolute Gasteiger partial charge is 0.465 e. The van der Waals surface area contributed by atoms with Crippen molar-refractivity contribution in [2.75, 3.05) is 18.5 Å². The third kappa shape index (κ3) is 8.91. The highest BCUT2D eigenvalue weighted by Gasteiger charge is 2.30. The number of carbonyl (C=O) groups is 4. The fraction of sp³-hybridized carbons (Fsp3) is 0.353. The van der Waals surface area contributed by atoms with E-state index >= 15 is 0 Å². The number of amides is 2. The lowest BCUT2D eigenvalue weighted by atomic mass is 9.97. The van der Waals surface area contributed by atoms with Crippen LogP contribution < -0.4 is 10.6 Å². The Morgan fingerprint density at radius 2 is 1.60 bits per heavy atom. The quantitative estimate of drug-likeness (QED) is 0.110. The van der Waals surface area contributed by atoms with E-state index in [1.807, 2.05) is 24.3 Å². The third-order valence-corrected chi connectivity index (χ3v) is 7.07. The molecule has 0 radical (unpaired) electrons. The maximum Gasteiger partial charge on any atom is 0.407 e. The van der Waals surface area contributed by atoms with Gasteiger partial charge in [-0.05, 0) is 73.6 Å². The number of hydrogen-bond acceptors (Lipinski definition) is 7. The first kappa shape index (κ1) is 31.3. The molecule has 2 N–H and O–H groups in total. The highest BCUT2D eigenvalue weighted by atomic mass is 16.6. The Bertz CT molecular complexity index is 1400. The molecule has 0 spiro atoms. The molecule has 0 heterocycles. The van der Waals surface area contributed by atoms with Gasteiger partial charge in [0.2, 0.25) is 5.91 Å². The second-order valence-corrected chi connectivity index (χ2v) is 11.5. The van der Waals surface area contributed by atoms with E-state index in [1.165, 1.54) is 0 Å². The Morgan fingerprint density at radius 1 is 0.930 bits per heavy atom. The Labute approximate surface area is 251 Å². The smallest absolute Gasteiger partial charge is 0.407 e. The van der Waals surface area contributed by atoms with E-state index in [1.54, 1.807) is 45.0 Å². The number of ether oxygens (including phenoxy) is 3. The molecule has 0 aromatic heterocycles. The van der Waals surface area contributed by atoms with Gasteiger partial charge in [-0.15, -0.1) is 0 Å². The summed E-state index contributed by atoms with van der Waals surface area (Å²) in [6, 6.07) is 23.1. The average Bonchev–Trinajstić information content (AvgIpc) is 3.29. The molecule has 4 rings (SSSR count). The molecule has 0 unspecified atom stereocenters. The summed E-state index contributed by atoms with van der Waals surface area (Å²) in [6.07, 6.45) is 0.114. The summed E-state index contributed by atoms with van der Waals surface area (Å²) in [5, 5.41) is 5.56. The second-order valence-electron chi connectivity index (χ2n) is 11.5. The highest BCUT2D eigenvalue weighted by molar-refractivity contribution is 5.94. The molecule has 3 aromatic carbocycles. The Kier molecular flexibility index (Phi) is 10.5. The van der Waals surface area contributed by atoms with Gasteiger partial charge < -0.3 is 24.8 Å². The van der Waals surface area contributed by atoms with Crippen LogP contribution in [0.5, 0.6) is 0 Å². The van der Waals surface area contributed by atoms with Crippen LogP contribution in [0.25, 0.3) is 11.1 Å². The SMILES string of the molecule is CC(C)(C)OC(=O)NCCC[C@@H](CC(=O)OCC1c2ccccc2-c2ccccc21)C(=O)Nc1cccc(COC=O)c1. The number of alkyl carbamates (subject to hydrolysis) is 1. The van der Waals surface area contributed by atoms with Gasteiger partial charge in [-0.2, -0.15) is 0 Å². The first-order valence-electron chi connectivity index (χ1n) is 14.4. The van der Waals surface area contributed by atoms with Gasteiger partial charge in [0, 0.05) is 24.1 Å². The van der Waals surface area contributed by atoms with Crippen molar-refractivity contribution in [1.29, 1.82) is 0 Å². The first-order chi connectivity index (χ1) is 20.6. The zero-order valence-corrected chi connectivity index (χ0v) is 24.8. The number of esters is 1. The molecule has 9 nitrogen and oxygen atoms in total. The zero-order chi connectivity index (χ0) is 30.8. The average molecular weight is 587 g/mol. The lowest BCUT2D eigenvalue weighted by Gasteiger charge is -2.20. The molecule has 226 valence electrons. The molecule has 43 heavy (non-hydrogen) atoms. The van der Waals surface area contributed by atoms with E-state index < -0.39 is 23.6 Å². The molecule has 0 bridgehead atoms. The number of nitrogens with one attached hydrogen (secondary N) is 2. The molecule has 9 heteroatoms. The van der Waals surface area contributed by atoms with Gasteiger partial charge in [-0.3, -0.25) is 14.4 Å². The minimum Gasteiger partial charge on any atom is -0.465 e. The van der Waals surface area contributed by atoms with E-state index in [-0.39, 0.29) is 38.0 Å². The summed E-state index contributed by atoms with van der Waals surface area (Å²) in [5.74, 6) is -1.61. The van der Waals surface area contributed by atoms with Gasteiger partial charge in [-0.25, -0.2) is 4.79 Å². The van der Waals surface area contributed by atoms with Crippen molar-refractivity contribution in [3.8, 4) is 11.1 Å². The molecule has 0 aliphatic heterocycles. The van der Waals surface area contributed by atoms with Crippen LogP contribution in [0.2, 0.25) is 0 Å². The van der Waals surface area contributed by atoms with Crippen LogP contribution in [0.4, 0.5) is 10.5 Å². The molecular weight excluding hydrogens is 548 g/mol. The Morgan fingerprint density at radius 3 is 2.26 bits per heavy atom. The maximum absolute atomic E-state index is 13.4. The summed E-state index contributed by atoms with van der Waals surface area (Å²) in [5.41, 5.74) is 5.09. The molecule has 1 aliphatic carbocycles. The van der Waals surface area contributed by atoms with Gasteiger partial charge in [0.25, 0.3) is 6.47 Å². The van der Waals surface area contributed by atoms with E-state index in [0.717, 1.165) is 22.3 Å². The monoisotopic (exact) mass is 586 g/mol. The zero-order valence-electron chi connectivity index (χ0n) is 24.8.